The van der Waals surface area contributed by atoms with E-state index in [1.165, 1.54) is 5.56 Å². The summed E-state index contributed by atoms with van der Waals surface area (Å²) in [5.74, 6) is 1.18. The summed E-state index contributed by atoms with van der Waals surface area (Å²) in [6.07, 6.45) is 2.31. The lowest BCUT2D eigenvalue weighted by molar-refractivity contribution is -0.0333. The zero-order valence-electron chi connectivity index (χ0n) is 11.2. The Kier molecular flexibility index (Phi) is 3.46. The van der Waals surface area contributed by atoms with Gasteiger partial charge < -0.3 is 15.2 Å². The van der Waals surface area contributed by atoms with Crippen molar-refractivity contribution in [2.45, 2.75) is 31.8 Å². The standard InChI is InChI=1S/C15H20ClNO2/c1-10-9-17-4-3-15(10,18)8-12-7-13(16)6-11-2-5-19-14(11)12/h6-7,10,17-18H,2-5,8-9H2,1H3. The SMILES string of the molecule is CC1CNCCC1(O)Cc1cc(Cl)cc2c1OCC2. The van der Waals surface area contributed by atoms with Crippen molar-refractivity contribution in [1.82, 2.24) is 5.32 Å². The summed E-state index contributed by atoms with van der Waals surface area (Å²) >= 11 is 6.18. The number of hydrogen-bond donors (Lipinski definition) is 2. The summed E-state index contributed by atoms with van der Waals surface area (Å²) in [6.45, 7) is 4.54. The number of benzene rings is 1. The molecule has 1 fully saturated rings. The monoisotopic (exact) mass is 281 g/mol. The van der Waals surface area contributed by atoms with Crippen LogP contribution in [0.4, 0.5) is 0 Å². The first-order chi connectivity index (χ1) is 9.08. The van der Waals surface area contributed by atoms with Crippen LogP contribution in [0.1, 0.15) is 24.5 Å². The van der Waals surface area contributed by atoms with Gasteiger partial charge in [-0.3, -0.25) is 0 Å². The fourth-order valence-electron chi connectivity index (χ4n) is 3.13. The maximum absolute atomic E-state index is 10.9. The van der Waals surface area contributed by atoms with Crippen molar-refractivity contribution in [3.63, 3.8) is 0 Å². The van der Waals surface area contributed by atoms with Crippen LogP contribution in [0.25, 0.3) is 0 Å². The summed E-state index contributed by atoms with van der Waals surface area (Å²) in [7, 11) is 0. The van der Waals surface area contributed by atoms with Crippen molar-refractivity contribution in [3.05, 3.63) is 28.3 Å². The van der Waals surface area contributed by atoms with Crippen molar-refractivity contribution in [2.24, 2.45) is 5.92 Å². The number of ether oxygens (including phenoxy) is 1. The van der Waals surface area contributed by atoms with E-state index >= 15 is 0 Å². The van der Waals surface area contributed by atoms with Gasteiger partial charge in [0.25, 0.3) is 0 Å². The van der Waals surface area contributed by atoms with Crippen LogP contribution >= 0.6 is 11.6 Å². The number of nitrogens with one attached hydrogen (secondary N) is 1. The molecule has 2 heterocycles. The van der Waals surface area contributed by atoms with Crippen molar-refractivity contribution < 1.29 is 9.84 Å². The van der Waals surface area contributed by atoms with E-state index in [2.05, 4.69) is 12.2 Å². The number of rotatable bonds is 2. The van der Waals surface area contributed by atoms with Crippen LogP contribution in [0.2, 0.25) is 5.02 Å². The molecule has 104 valence electrons. The first-order valence-electron chi connectivity index (χ1n) is 6.96. The molecule has 19 heavy (non-hydrogen) atoms. The minimum absolute atomic E-state index is 0.234. The highest BCUT2D eigenvalue weighted by atomic mass is 35.5. The Morgan fingerprint density at radius 3 is 3.16 bits per heavy atom. The lowest BCUT2D eigenvalue weighted by Crippen LogP contribution is -2.50. The zero-order valence-corrected chi connectivity index (χ0v) is 12.0. The number of piperidine rings is 1. The fourth-order valence-corrected chi connectivity index (χ4v) is 3.39. The van der Waals surface area contributed by atoms with Gasteiger partial charge in [-0.1, -0.05) is 18.5 Å². The van der Waals surface area contributed by atoms with E-state index in [1.807, 2.05) is 12.1 Å². The van der Waals surface area contributed by atoms with Gasteiger partial charge in [0.1, 0.15) is 5.75 Å². The van der Waals surface area contributed by atoms with E-state index in [0.29, 0.717) is 6.42 Å². The Morgan fingerprint density at radius 1 is 1.53 bits per heavy atom. The Labute approximate surface area is 118 Å². The minimum Gasteiger partial charge on any atom is -0.493 e. The Hall–Kier alpha value is -0.770. The molecule has 1 aromatic carbocycles. The van der Waals surface area contributed by atoms with E-state index in [4.69, 9.17) is 16.3 Å². The summed E-state index contributed by atoms with van der Waals surface area (Å²) < 4.78 is 5.72. The number of fused-ring (bicyclic) bond motifs is 1. The van der Waals surface area contributed by atoms with Crippen LogP contribution in [0.5, 0.6) is 5.75 Å². The van der Waals surface area contributed by atoms with Gasteiger partial charge in [0.05, 0.1) is 12.2 Å². The van der Waals surface area contributed by atoms with Gasteiger partial charge in [-0.25, -0.2) is 0 Å². The van der Waals surface area contributed by atoms with Crippen molar-refractivity contribution >= 4 is 11.6 Å². The third kappa shape index (κ3) is 2.47. The van der Waals surface area contributed by atoms with Gasteiger partial charge in [-0.2, -0.15) is 0 Å². The molecule has 2 atom stereocenters. The maximum atomic E-state index is 10.9. The summed E-state index contributed by atoms with van der Waals surface area (Å²) in [5, 5.41) is 14.9. The van der Waals surface area contributed by atoms with Crippen LogP contribution in [-0.4, -0.2) is 30.4 Å². The van der Waals surface area contributed by atoms with Crippen LogP contribution in [0.15, 0.2) is 12.1 Å². The van der Waals surface area contributed by atoms with Gasteiger partial charge in [-0.05, 0) is 42.1 Å². The second-order valence-electron chi connectivity index (χ2n) is 5.79. The highest BCUT2D eigenvalue weighted by molar-refractivity contribution is 6.30. The Balaban J connectivity index is 1.91. The molecule has 0 aliphatic carbocycles. The molecule has 1 aromatic rings. The molecule has 0 spiro atoms. The largest absolute Gasteiger partial charge is 0.493 e. The molecular formula is C15H20ClNO2. The Bertz CT molecular complexity index is 491. The lowest BCUT2D eigenvalue weighted by atomic mass is 9.78. The second kappa shape index (κ2) is 4.97. The average molecular weight is 282 g/mol. The maximum Gasteiger partial charge on any atom is 0.126 e. The first kappa shape index (κ1) is 13.2. The third-order valence-electron chi connectivity index (χ3n) is 4.42. The highest BCUT2D eigenvalue weighted by Gasteiger charge is 2.37. The predicted molar refractivity (Wildman–Crippen MR) is 76.0 cm³/mol. The molecular weight excluding hydrogens is 262 g/mol. The Morgan fingerprint density at radius 2 is 2.37 bits per heavy atom. The van der Waals surface area contributed by atoms with Crippen LogP contribution in [-0.2, 0) is 12.8 Å². The molecule has 1 saturated heterocycles. The van der Waals surface area contributed by atoms with Crippen LogP contribution < -0.4 is 10.1 Å². The van der Waals surface area contributed by atoms with Crippen molar-refractivity contribution in [1.29, 1.82) is 0 Å². The summed E-state index contributed by atoms with van der Waals surface area (Å²) in [5.41, 5.74) is 1.57. The van der Waals surface area contributed by atoms with Crippen LogP contribution in [0, 0.1) is 5.92 Å². The predicted octanol–water partition coefficient (Wildman–Crippen LogP) is 2.18. The van der Waals surface area contributed by atoms with Gasteiger partial charge >= 0.3 is 0 Å². The molecule has 0 radical (unpaired) electrons. The molecule has 2 N–H and O–H groups in total. The number of aliphatic hydroxyl groups is 1. The molecule has 2 aliphatic rings. The smallest absolute Gasteiger partial charge is 0.126 e. The molecule has 0 amide bonds. The van der Waals surface area contributed by atoms with Gasteiger partial charge in [0, 0.05) is 24.4 Å². The van der Waals surface area contributed by atoms with Crippen molar-refractivity contribution in [2.75, 3.05) is 19.7 Å². The van der Waals surface area contributed by atoms with Gasteiger partial charge in [0.2, 0.25) is 0 Å². The molecule has 3 nitrogen and oxygen atoms in total. The average Bonchev–Trinajstić information content (AvgIpc) is 2.81. The third-order valence-corrected chi connectivity index (χ3v) is 4.64. The van der Waals surface area contributed by atoms with E-state index in [1.54, 1.807) is 0 Å². The van der Waals surface area contributed by atoms with E-state index in [0.717, 1.165) is 48.9 Å². The molecule has 2 aliphatic heterocycles. The molecule has 0 bridgehead atoms. The highest BCUT2D eigenvalue weighted by Crippen LogP contribution is 2.37. The van der Waals surface area contributed by atoms with E-state index < -0.39 is 5.60 Å². The second-order valence-corrected chi connectivity index (χ2v) is 6.22. The van der Waals surface area contributed by atoms with Gasteiger partial charge in [0.15, 0.2) is 0 Å². The summed E-state index contributed by atoms with van der Waals surface area (Å²) in [6, 6.07) is 3.92. The lowest BCUT2D eigenvalue weighted by Gasteiger charge is -2.39. The molecule has 2 unspecified atom stereocenters. The quantitative estimate of drug-likeness (QED) is 0.873. The zero-order chi connectivity index (χ0) is 13.5. The fraction of sp³-hybridized carbons (Fsp3) is 0.600. The van der Waals surface area contributed by atoms with E-state index in [9.17, 15) is 5.11 Å². The molecule has 0 saturated carbocycles. The topological polar surface area (TPSA) is 41.5 Å². The summed E-state index contributed by atoms with van der Waals surface area (Å²) in [4.78, 5) is 0. The van der Waals surface area contributed by atoms with Crippen LogP contribution in [0.3, 0.4) is 0 Å². The molecule has 3 rings (SSSR count). The molecule has 4 heteroatoms. The van der Waals surface area contributed by atoms with Gasteiger partial charge in [-0.15, -0.1) is 0 Å². The first-order valence-corrected chi connectivity index (χ1v) is 7.33. The van der Waals surface area contributed by atoms with Crippen molar-refractivity contribution in [3.8, 4) is 5.75 Å². The normalized spacial score (nSPS) is 29.9. The molecule has 0 aromatic heterocycles. The number of hydrogen-bond acceptors (Lipinski definition) is 3. The van der Waals surface area contributed by atoms with E-state index in [-0.39, 0.29) is 5.92 Å². The number of halogens is 1. The minimum atomic E-state index is -0.657.